The van der Waals surface area contributed by atoms with Gasteiger partial charge in [-0.05, 0) is 30.7 Å². The number of rotatable bonds is 4. The fourth-order valence-corrected chi connectivity index (χ4v) is 3.10. The number of benzene rings is 2. The molecule has 1 aromatic heterocycles. The van der Waals surface area contributed by atoms with Gasteiger partial charge < -0.3 is 5.11 Å². The molecule has 1 heterocycles. The van der Waals surface area contributed by atoms with Crippen LogP contribution < -0.4 is 0 Å². The van der Waals surface area contributed by atoms with Crippen molar-refractivity contribution in [3.05, 3.63) is 75.6 Å². The van der Waals surface area contributed by atoms with E-state index in [1.807, 2.05) is 30.4 Å². The first kappa shape index (κ1) is 15.2. The number of aryl methyl sites for hydroxylation is 1. The summed E-state index contributed by atoms with van der Waals surface area (Å²) in [7, 11) is 0. The van der Waals surface area contributed by atoms with Crippen molar-refractivity contribution in [2.45, 2.75) is 6.92 Å². The molecule has 0 radical (unpaired) electrons. The Morgan fingerprint density at radius 1 is 1.04 bits per heavy atom. The van der Waals surface area contributed by atoms with E-state index in [2.05, 4.69) is 24.0 Å². The minimum atomic E-state index is -0.913. The molecule has 0 spiro atoms. The molecular formula is C19H15NO2S. The summed E-state index contributed by atoms with van der Waals surface area (Å²) in [4.78, 5) is 16.7. The number of aromatic carboxylic acids is 1. The van der Waals surface area contributed by atoms with Crippen molar-refractivity contribution in [3.8, 4) is 11.3 Å². The molecule has 2 aromatic carbocycles. The first-order valence-corrected chi connectivity index (χ1v) is 7.99. The van der Waals surface area contributed by atoms with Crippen LogP contribution in [0.2, 0.25) is 0 Å². The van der Waals surface area contributed by atoms with Crippen LogP contribution in [-0.4, -0.2) is 16.1 Å². The zero-order valence-electron chi connectivity index (χ0n) is 12.6. The zero-order valence-corrected chi connectivity index (χ0v) is 13.4. The first-order valence-electron chi connectivity index (χ1n) is 7.18. The number of aromatic nitrogens is 1. The molecule has 0 unspecified atom stereocenters. The lowest BCUT2D eigenvalue weighted by Gasteiger charge is -1.96. The lowest BCUT2D eigenvalue weighted by Crippen LogP contribution is -1.94. The predicted molar refractivity (Wildman–Crippen MR) is 94.6 cm³/mol. The van der Waals surface area contributed by atoms with Crippen LogP contribution in [0.25, 0.3) is 23.4 Å². The Kier molecular flexibility index (Phi) is 4.35. The molecule has 0 amide bonds. The van der Waals surface area contributed by atoms with Crippen LogP contribution >= 0.6 is 11.3 Å². The third-order valence-corrected chi connectivity index (χ3v) is 4.37. The second-order valence-electron chi connectivity index (χ2n) is 5.08. The highest BCUT2D eigenvalue weighted by atomic mass is 32.1. The molecule has 3 rings (SSSR count). The van der Waals surface area contributed by atoms with Gasteiger partial charge in [0.2, 0.25) is 0 Å². The number of carboxylic acids is 1. The Morgan fingerprint density at radius 2 is 1.74 bits per heavy atom. The second-order valence-corrected chi connectivity index (χ2v) is 6.32. The molecule has 1 N–H and O–H groups in total. The number of hydrogen-bond acceptors (Lipinski definition) is 3. The molecule has 0 aliphatic heterocycles. The number of carbonyl (C=O) groups is 1. The third-order valence-electron chi connectivity index (χ3n) is 3.44. The van der Waals surface area contributed by atoms with Gasteiger partial charge in [-0.15, -0.1) is 11.3 Å². The Morgan fingerprint density at radius 3 is 2.39 bits per heavy atom. The van der Waals surface area contributed by atoms with E-state index in [0.717, 1.165) is 21.8 Å². The average molecular weight is 321 g/mol. The van der Waals surface area contributed by atoms with Gasteiger partial charge in [0.05, 0.1) is 11.3 Å². The van der Waals surface area contributed by atoms with E-state index in [1.165, 1.54) is 4.88 Å². The van der Waals surface area contributed by atoms with Gasteiger partial charge in [0.25, 0.3) is 0 Å². The lowest BCUT2D eigenvalue weighted by molar-refractivity contribution is 0.0697. The van der Waals surface area contributed by atoms with Crippen molar-refractivity contribution >= 4 is 29.5 Å². The highest BCUT2D eigenvalue weighted by molar-refractivity contribution is 7.12. The van der Waals surface area contributed by atoms with Crippen LogP contribution in [0.15, 0.2) is 54.6 Å². The maximum Gasteiger partial charge on any atom is 0.335 e. The molecule has 0 saturated heterocycles. The summed E-state index contributed by atoms with van der Waals surface area (Å²) in [5.74, 6) is -0.913. The average Bonchev–Trinajstić information content (AvgIpc) is 2.95. The van der Waals surface area contributed by atoms with Gasteiger partial charge in [-0.2, -0.15) is 0 Å². The molecule has 0 aliphatic carbocycles. The van der Waals surface area contributed by atoms with Crippen molar-refractivity contribution in [2.75, 3.05) is 0 Å². The summed E-state index contributed by atoms with van der Waals surface area (Å²) in [5, 5.41) is 9.83. The van der Waals surface area contributed by atoms with Crippen molar-refractivity contribution in [1.29, 1.82) is 0 Å². The standard InChI is InChI=1S/C19H15NO2S/c1-13-18(15-5-3-2-4-6-15)20-17(23-13)12-9-14-7-10-16(11-8-14)19(21)22/h2-12H,1H3,(H,21,22)/b12-9+. The smallest absolute Gasteiger partial charge is 0.335 e. The van der Waals surface area contributed by atoms with Gasteiger partial charge in [-0.1, -0.05) is 48.5 Å². The second kappa shape index (κ2) is 6.58. The Balaban J connectivity index is 1.82. The Labute approximate surface area is 138 Å². The molecule has 4 heteroatoms. The molecule has 0 saturated carbocycles. The van der Waals surface area contributed by atoms with Crippen LogP contribution in [0.5, 0.6) is 0 Å². The van der Waals surface area contributed by atoms with Crippen molar-refractivity contribution in [1.82, 2.24) is 4.98 Å². The summed E-state index contributed by atoms with van der Waals surface area (Å²) in [6.45, 7) is 2.07. The molecule has 3 nitrogen and oxygen atoms in total. The molecule has 3 aromatic rings. The quantitative estimate of drug-likeness (QED) is 0.736. The van der Waals surface area contributed by atoms with Gasteiger partial charge in [-0.25, -0.2) is 9.78 Å². The minimum Gasteiger partial charge on any atom is -0.478 e. The molecule has 0 bridgehead atoms. The number of thiazole rings is 1. The topological polar surface area (TPSA) is 50.2 Å². The lowest BCUT2D eigenvalue weighted by atomic mass is 10.1. The molecule has 23 heavy (non-hydrogen) atoms. The number of hydrogen-bond donors (Lipinski definition) is 1. The highest BCUT2D eigenvalue weighted by Gasteiger charge is 2.07. The van der Waals surface area contributed by atoms with E-state index >= 15 is 0 Å². The van der Waals surface area contributed by atoms with Gasteiger partial charge in [-0.3, -0.25) is 0 Å². The van der Waals surface area contributed by atoms with E-state index in [1.54, 1.807) is 35.6 Å². The Bertz CT molecular complexity index is 849. The van der Waals surface area contributed by atoms with Crippen LogP contribution in [0.3, 0.4) is 0 Å². The summed E-state index contributed by atoms with van der Waals surface area (Å²) in [6, 6.07) is 16.9. The molecular weight excluding hydrogens is 306 g/mol. The molecule has 0 aliphatic rings. The largest absolute Gasteiger partial charge is 0.478 e. The summed E-state index contributed by atoms with van der Waals surface area (Å²) < 4.78 is 0. The van der Waals surface area contributed by atoms with Gasteiger partial charge in [0.1, 0.15) is 5.01 Å². The molecule has 0 fully saturated rings. The van der Waals surface area contributed by atoms with Crippen molar-refractivity contribution < 1.29 is 9.90 Å². The summed E-state index contributed by atoms with van der Waals surface area (Å²) >= 11 is 1.64. The van der Waals surface area contributed by atoms with E-state index in [9.17, 15) is 4.79 Å². The van der Waals surface area contributed by atoms with Crippen LogP contribution in [0.4, 0.5) is 0 Å². The predicted octanol–water partition coefficient (Wildman–Crippen LogP) is 4.99. The van der Waals surface area contributed by atoms with E-state index < -0.39 is 5.97 Å². The number of nitrogens with zero attached hydrogens (tertiary/aromatic N) is 1. The minimum absolute atomic E-state index is 0.290. The van der Waals surface area contributed by atoms with E-state index in [4.69, 9.17) is 5.11 Å². The van der Waals surface area contributed by atoms with Gasteiger partial charge in [0.15, 0.2) is 0 Å². The maximum absolute atomic E-state index is 10.8. The van der Waals surface area contributed by atoms with Gasteiger partial charge in [0, 0.05) is 10.4 Å². The Hall–Kier alpha value is -2.72. The van der Waals surface area contributed by atoms with Crippen molar-refractivity contribution in [2.24, 2.45) is 0 Å². The van der Waals surface area contributed by atoms with Gasteiger partial charge >= 0.3 is 5.97 Å². The highest BCUT2D eigenvalue weighted by Crippen LogP contribution is 2.28. The zero-order chi connectivity index (χ0) is 16.2. The van der Waals surface area contributed by atoms with Crippen LogP contribution in [-0.2, 0) is 0 Å². The van der Waals surface area contributed by atoms with Crippen LogP contribution in [0.1, 0.15) is 25.8 Å². The summed E-state index contributed by atoms with van der Waals surface area (Å²) in [5.41, 5.74) is 3.37. The SMILES string of the molecule is Cc1sc(/C=C/c2ccc(C(=O)O)cc2)nc1-c1ccccc1. The fraction of sp³-hybridized carbons (Fsp3) is 0.0526. The third kappa shape index (κ3) is 3.55. The first-order chi connectivity index (χ1) is 11.1. The number of carboxylic acid groups (broad SMARTS) is 1. The van der Waals surface area contributed by atoms with E-state index in [0.29, 0.717) is 5.56 Å². The fourth-order valence-electron chi connectivity index (χ4n) is 2.26. The molecule has 0 atom stereocenters. The normalized spacial score (nSPS) is 11.0. The van der Waals surface area contributed by atoms with Crippen molar-refractivity contribution in [3.63, 3.8) is 0 Å². The maximum atomic E-state index is 10.8. The monoisotopic (exact) mass is 321 g/mol. The van der Waals surface area contributed by atoms with E-state index in [-0.39, 0.29) is 0 Å². The van der Waals surface area contributed by atoms with Crippen LogP contribution in [0, 0.1) is 6.92 Å². The summed E-state index contributed by atoms with van der Waals surface area (Å²) in [6.07, 6.45) is 3.90. The molecule has 114 valence electrons.